The van der Waals surface area contributed by atoms with Crippen molar-refractivity contribution in [2.45, 2.75) is 26.7 Å². The van der Waals surface area contributed by atoms with Crippen LogP contribution in [0.2, 0.25) is 0 Å². The maximum atomic E-state index is 5.09. The molecule has 0 saturated heterocycles. The molecule has 0 aliphatic carbocycles. The molecule has 0 aliphatic heterocycles. The van der Waals surface area contributed by atoms with Crippen LogP contribution in [-0.4, -0.2) is 6.61 Å². The van der Waals surface area contributed by atoms with Crippen LogP contribution < -0.4 is 0 Å². The van der Waals surface area contributed by atoms with Crippen LogP contribution in [0.1, 0.15) is 26.7 Å². The molecular formula is C7H14O. The Balaban J connectivity index is 3.06. The third kappa shape index (κ3) is 3.72. The minimum absolute atomic E-state index is 0.749. The van der Waals surface area contributed by atoms with Gasteiger partial charge in [0.15, 0.2) is 0 Å². The van der Waals surface area contributed by atoms with E-state index in [2.05, 4.69) is 13.5 Å². The van der Waals surface area contributed by atoms with Crippen LogP contribution in [0.3, 0.4) is 0 Å². The molecule has 0 bridgehead atoms. The molecule has 1 heteroatoms. The van der Waals surface area contributed by atoms with Crippen LogP contribution in [0.25, 0.3) is 0 Å². The highest BCUT2D eigenvalue weighted by Gasteiger charge is 1.87. The maximum Gasteiger partial charge on any atom is 0.0887 e. The average molecular weight is 114 g/mol. The predicted octanol–water partition coefficient (Wildman–Crippen LogP) is 2.34. The van der Waals surface area contributed by atoms with E-state index >= 15 is 0 Å². The number of rotatable bonds is 4. The van der Waals surface area contributed by atoms with Gasteiger partial charge in [0.1, 0.15) is 0 Å². The zero-order valence-corrected chi connectivity index (χ0v) is 5.74. The Labute approximate surface area is 51.4 Å². The van der Waals surface area contributed by atoms with Gasteiger partial charge < -0.3 is 4.74 Å². The molecule has 0 aliphatic rings. The molecule has 0 spiro atoms. The van der Waals surface area contributed by atoms with Gasteiger partial charge in [0.2, 0.25) is 0 Å². The summed E-state index contributed by atoms with van der Waals surface area (Å²) in [5.41, 5.74) is 0. The van der Waals surface area contributed by atoms with Crippen LogP contribution >= 0.6 is 0 Å². The lowest BCUT2D eigenvalue weighted by Crippen LogP contribution is -1.87. The molecule has 0 aromatic carbocycles. The lowest BCUT2D eigenvalue weighted by molar-refractivity contribution is 0.219. The quantitative estimate of drug-likeness (QED) is 0.510. The Bertz CT molecular complexity index is 58.8. The lowest BCUT2D eigenvalue weighted by atomic mass is 10.3. The van der Waals surface area contributed by atoms with Gasteiger partial charge in [-0.05, 0) is 13.3 Å². The van der Waals surface area contributed by atoms with Gasteiger partial charge in [-0.3, -0.25) is 0 Å². The van der Waals surface area contributed by atoms with E-state index in [1.54, 1.807) is 0 Å². The van der Waals surface area contributed by atoms with E-state index < -0.39 is 0 Å². The average Bonchev–Trinajstić information content (AvgIpc) is 1.68. The highest BCUT2D eigenvalue weighted by molar-refractivity contribution is 4.80. The summed E-state index contributed by atoms with van der Waals surface area (Å²) in [4.78, 5) is 0. The molecule has 1 nitrogen and oxygen atoms in total. The highest BCUT2D eigenvalue weighted by atomic mass is 16.5. The van der Waals surface area contributed by atoms with Crippen molar-refractivity contribution in [3.63, 3.8) is 0 Å². The molecule has 0 radical (unpaired) electrons. The van der Waals surface area contributed by atoms with Gasteiger partial charge in [0, 0.05) is 6.42 Å². The second-order valence-electron chi connectivity index (χ2n) is 1.72. The second kappa shape index (κ2) is 4.69. The van der Waals surface area contributed by atoms with Crippen LogP contribution in [0.15, 0.2) is 12.3 Å². The summed E-state index contributed by atoms with van der Waals surface area (Å²) in [6.07, 6.45) is 2.12. The Morgan fingerprint density at radius 1 is 1.50 bits per heavy atom. The lowest BCUT2D eigenvalue weighted by Gasteiger charge is -2.02. The van der Waals surface area contributed by atoms with E-state index in [0.29, 0.717) is 0 Å². The summed E-state index contributed by atoms with van der Waals surface area (Å²) < 4.78 is 5.09. The van der Waals surface area contributed by atoms with Crippen molar-refractivity contribution in [3.05, 3.63) is 12.3 Å². The molecule has 0 amide bonds. The van der Waals surface area contributed by atoms with Gasteiger partial charge in [-0.1, -0.05) is 13.5 Å². The third-order valence-electron chi connectivity index (χ3n) is 0.877. The first-order chi connectivity index (χ1) is 3.81. The Hall–Kier alpha value is -0.460. The van der Waals surface area contributed by atoms with E-state index in [-0.39, 0.29) is 0 Å². The fraction of sp³-hybridized carbons (Fsp3) is 0.714. The van der Waals surface area contributed by atoms with E-state index in [0.717, 1.165) is 25.2 Å². The van der Waals surface area contributed by atoms with Crippen molar-refractivity contribution in [1.29, 1.82) is 0 Å². The number of hydrogen-bond acceptors (Lipinski definition) is 1. The maximum absolute atomic E-state index is 5.09. The molecule has 0 aromatic heterocycles. The number of ether oxygens (including phenoxy) is 1. The standard InChI is InChI=1S/C7H14O/c1-4-6-7(3)8-5-2/h3-6H2,1-2H3. The fourth-order valence-corrected chi connectivity index (χ4v) is 0.555. The summed E-state index contributed by atoms with van der Waals surface area (Å²) in [6, 6.07) is 0. The van der Waals surface area contributed by atoms with E-state index in [9.17, 15) is 0 Å². The van der Waals surface area contributed by atoms with Crippen molar-refractivity contribution in [2.75, 3.05) is 6.61 Å². The minimum atomic E-state index is 0.749. The van der Waals surface area contributed by atoms with Crippen molar-refractivity contribution >= 4 is 0 Å². The van der Waals surface area contributed by atoms with Crippen LogP contribution in [0, 0.1) is 0 Å². The second-order valence-corrected chi connectivity index (χ2v) is 1.72. The van der Waals surface area contributed by atoms with Gasteiger partial charge in [-0.15, -0.1) is 0 Å². The monoisotopic (exact) mass is 114 g/mol. The van der Waals surface area contributed by atoms with E-state index in [4.69, 9.17) is 4.74 Å². The fourth-order valence-electron chi connectivity index (χ4n) is 0.555. The first kappa shape index (κ1) is 7.54. The molecule has 0 atom stereocenters. The van der Waals surface area contributed by atoms with Crippen molar-refractivity contribution in [3.8, 4) is 0 Å². The summed E-state index contributed by atoms with van der Waals surface area (Å²) >= 11 is 0. The molecule has 8 heavy (non-hydrogen) atoms. The van der Waals surface area contributed by atoms with Gasteiger partial charge in [-0.2, -0.15) is 0 Å². The van der Waals surface area contributed by atoms with E-state index in [1.165, 1.54) is 0 Å². The van der Waals surface area contributed by atoms with Gasteiger partial charge >= 0.3 is 0 Å². The first-order valence-corrected chi connectivity index (χ1v) is 3.11. The van der Waals surface area contributed by atoms with Gasteiger partial charge in [0.25, 0.3) is 0 Å². The van der Waals surface area contributed by atoms with E-state index in [1.807, 2.05) is 6.92 Å². The Morgan fingerprint density at radius 3 is 2.50 bits per heavy atom. The molecule has 0 unspecified atom stereocenters. The zero-order chi connectivity index (χ0) is 6.41. The van der Waals surface area contributed by atoms with Gasteiger partial charge in [-0.25, -0.2) is 0 Å². The molecule has 0 fully saturated rings. The molecule has 0 saturated carbocycles. The Morgan fingerprint density at radius 2 is 2.12 bits per heavy atom. The number of hydrogen-bond donors (Lipinski definition) is 0. The highest BCUT2D eigenvalue weighted by Crippen LogP contribution is 2.01. The normalized spacial score (nSPS) is 8.75. The van der Waals surface area contributed by atoms with Gasteiger partial charge in [0.05, 0.1) is 12.4 Å². The molecule has 0 rings (SSSR count). The smallest absolute Gasteiger partial charge is 0.0887 e. The first-order valence-electron chi connectivity index (χ1n) is 3.11. The van der Waals surface area contributed by atoms with Crippen molar-refractivity contribution in [2.24, 2.45) is 0 Å². The molecular weight excluding hydrogens is 100 g/mol. The summed E-state index contributed by atoms with van der Waals surface area (Å²) in [5.74, 6) is 0.912. The van der Waals surface area contributed by atoms with Crippen LogP contribution in [0.5, 0.6) is 0 Å². The van der Waals surface area contributed by atoms with Crippen LogP contribution in [-0.2, 0) is 4.74 Å². The third-order valence-corrected chi connectivity index (χ3v) is 0.877. The zero-order valence-electron chi connectivity index (χ0n) is 5.74. The molecule has 0 N–H and O–H groups in total. The van der Waals surface area contributed by atoms with Crippen molar-refractivity contribution in [1.82, 2.24) is 0 Å². The minimum Gasteiger partial charge on any atom is -0.499 e. The summed E-state index contributed by atoms with van der Waals surface area (Å²) in [7, 11) is 0. The predicted molar refractivity (Wildman–Crippen MR) is 35.7 cm³/mol. The molecule has 0 heterocycles. The summed E-state index contributed by atoms with van der Waals surface area (Å²) in [5, 5.41) is 0. The summed E-state index contributed by atoms with van der Waals surface area (Å²) in [6.45, 7) is 8.55. The topological polar surface area (TPSA) is 9.23 Å². The van der Waals surface area contributed by atoms with Crippen LogP contribution in [0.4, 0.5) is 0 Å². The SMILES string of the molecule is C=C(CCC)OCC. The molecule has 48 valence electrons. The Kier molecular flexibility index (Phi) is 4.42. The largest absolute Gasteiger partial charge is 0.499 e. The van der Waals surface area contributed by atoms with Crippen molar-refractivity contribution < 1.29 is 4.74 Å². The molecule has 0 aromatic rings. The number of allylic oxidation sites excluding steroid dienone is 1.